The zero-order valence-electron chi connectivity index (χ0n) is 26.8. The average molecular weight is 843 g/mol. The van der Waals surface area contributed by atoms with Gasteiger partial charge in [-0.1, -0.05) is 26.5 Å². The Morgan fingerprint density at radius 1 is 1.09 bits per heavy atom. The van der Waals surface area contributed by atoms with Gasteiger partial charge >= 0.3 is 21.1 Å². The molecule has 6 aliphatic rings. The van der Waals surface area contributed by atoms with Crippen LogP contribution in [0.15, 0.2) is 119 Å². The van der Waals surface area contributed by atoms with Crippen LogP contribution in [0, 0.1) is 11.8 Å². The van der Waals surface area contributed by atoms with Crippen LogP contribution in [0.2, 0.25) is 0 Å². The van der Waals surface area contributed by atoms with Crippen LogP contribution in [0.5, 0.6) is 0 Å². The minimum Gasteiger partial charge on any atom is -1.00 e. The zero-order chi connectivity index (χ0) is 30.6. The second-order valence-electron chi connectivity index (χ2n) is 11.9. The number of carbonyl (C=O) groups excluding carboxylic acids is 1. The van der Waals surface area contributed by atoms with E-state index in [1.165, 1.54) is 5.57 Å². The molecule has 46 heavy (non-hydrogen) atoms. The smallest absolute Gasteiger partial charge is 1.00 e. The summed E-state index contributed by atoms with van der Waals surface area (Å²) >= 11 is 0. The summed E-state index contributed by atoms with van der Waals surface area (Å²) in [6.45, 7) is 15.5. The van der Waals surface area contributed by atoms with Gasteiger partial charge in [-0.15, -0.1) is 0 Å². The number of aliphatic imine (C=N–C) groups is 3. The standard InChI is InChI=1S/C35H40N6O2.2ClH.Pt/c1-7-21-17(3)25-14-27-19(5)23(9-10-32(43)37-12-11-36)34(40-27)24-13-31(42)33-20(6)28(41-35(24)33)16-30-22(8-2)18(4)26(39-30)15-29(21)38-25;;;/h7,14-16,19,23,40,42H,1,8-13,36H2,2-6H3,(H,37,43);2*1H;/q;;;+2/p-2/t19-,23-;;;/m0.../s1. The number of rotatable bonds is 7. The third-order valence-corrected chi connectivity index (χ3v) is 9.45. The molecule has 5 heterocycles. The number of halogens is 2. The van der Waals surface area contributed by atoms with E-state index in [2.05, 4.69) is 63.1 Å². The molecule has 0 aromatic carbocycles. The topological polar surface area (TPSA) is 124 Å². The van der Waals surface area contributed by atoms with Crippen LogP contribution in [0.3, 0.4) is 0 Å². The van der Waals surface area contributed by atoms with Crippen LogP contribution in [-0.4, -0.2) is 41.2 Å². The number of carbonyl (C=O) groups is 1. The fourth-order valence-corrected chi connectivity index (χ4v) is 6.97. The molecule has 0 aromatic heterocycles. The third kappa shape index (κ3) is 6.29. The van der Waals surface area contributed by atoms with Crippen molar-refractivity contribution in [3.8, 4) is 0 Å². The van der Waals surface area contributed by atoms with E-state index in [-0.39, 0.29) is 63.6 Å². The molecular weight excluding hydrogens is 802 g/mol. The van der Waals surface area contributed by atoms with Crippen molar-refractivity contribution in [2.24, 2.45) is 32.5 Å². The molecule has 6 rings (SSSR count). The van der Waals surface area contributed by atoms with Gasteiger partial charge in [0.1, 0.15) is 5.76 Å². The number of fused-ring (bicyclic) bond motifs is 5. The molecule has 0 spiro atoms. The first-order chi connectivity index (χ1) is 20.7. The van der Waals surface area contributed by atoms with Crippen molar-refractivity contribution in [3.05, 3.63) is 104 Å². The van der Waals surface area contributed by atoms with Crippen LogP contribution >= 0.6 is 0 Å². The molecule has 1 aliphatic carbocycles. The predicted octanol–water partition coefficient (Wildman–Crippen LogP) is -0.295. The van der Waals surface area contributed by atoms with Gasteiger partial charge in [0.15, 0.2) is 0 Å². The Hall–Kier alpha value is -3.03. The predicted molar refractivity (Wildman–Crippen MR) is 174 cm³/mol. The summed E-state index contributed by atoms with van der Waals surface area (Å²) in [5.41, 5.74) is 19.9. The fourth-order valence-electron chi connectivity index (χ4n) is 6.97. The summed E-state index contributed by atoms with van der Waals surface area (Å²) in [4.78, 5) is 27.9. The van der Waals surface area contributed by atoms with E-state index in [4.69, 9.17) is 20.7 Å². The summed E-state index contributed by atoms with van der Waals surface area (Å²) < 4.78 is 0. The van der Waals surface area contributed by atoms with Crippen molar-refractivity contribution in [2.45, 2.75) is 60.3 Å². The van der Waals surface area contributed by atoms with Crippen LogP contribution in [0.1, 0.15) is 60.3 Å². The Morgan fingerprint density at radius 3 is 2.46 bits per heavy atom. The van der Waals surface area contributed by atoms with Crippen molar-refractivity contribution in [1.29, 1.82) is 0 Å². The van der Waals surface area contributed by atoms with E-state index < -0.39 is 0 Å². The first-order valence-electron chi connectivity index (χ1n) is 15.2. The van der Waals surface area contributed by atoms with Crippen LogP contribution in [0.4, 0.5) is 0 Å². The molecule has 2 atom stereocenters. The molecule has 11 heteroatoms. The number of allylic oxidation sites excluding steroid dienone is 12. The van der Waals surface area contributed by atoms with Gasteiger partial charge in [-0.25, -0.2) is 15.0 Å². The van der Waals surface area contributed by atoms with E-state index in [1.807, 2.05) is 13.0 Å². The largest absolute Gasteiger partial charge is 2.00 e. The van der Waals surface area contributed by atoms with Gasteiger partial charge < -0.3 is 46.3 Å². The summed E-state index contributed by atoms with van der Waals surface area (Å²) in [5, 5.41) is 17.9. The maximum absolute atomic E-state index is 12.6. The van der Waals surface area contributed by atoms with E-state index in [0.717, 1.165) is 85.5 Å². The Labute approximate surface area is 298 Å². The maximum Gasteiger partial charge on any atom is 2.00 e. The van der Waals surface area contributed by atoms with Crippen molar-refractivity contribution in [2.75, 3.05) is 13.1 Å². The van der Waals surface area contributed by atoms with E-state index >= 15 is 0 Å². The number of nitrogens with two attached hydrogens (primary N) is 1. The van der Waals surface area contributed by atoms with Crippen LogP contribution in [-0.2, 0) is 25.9 Å². The molecule has 0 unspecified atom stereocenters. The number of amides is 1. The second-order valence-corrected chi connectivity index (χ2v) is 11.9. The molecule has 0 saturated carbocycles. The first kappa shape index (κ1) is 37.4. The Balaban J connectivity index is 0.00000192. The molecule has 8 bridgehead atoms. The molecule has 1 fully saturated rings. The van der Waals surface area contributed by atoms with Crippen LogP contribution < -0.4 is 41.2 Å². The Morgan fingerprint density at radius 2 is 1.78 bits per heavy atom. The number of aliphatic hydroxyl groups is 1. The number of nitrogens with zero attached hydrogens (tertiary/aromatic N) is 3. The molecule has 1 saturated heterocycles. The maximum atomic E-state index is 12.6. The number of aliphatic hydroxyl groups excluding tert-OH is 1. The molecule has 1 amide bonds. The number of nitrogens with one attached hydrogen (secondary N) is 2. The van der Waals surface area contributed by atoms with Gasteiger partial charge in [-0.05, 0) is 74.1 Å². The zero-order valence-corrected chi connectivity index (χ0v) is 30.5. The monoisotopic (exact) mass is 841 g/mol. The van der Waals surface area contributed by atoms with Crippen molar-refractivity contribution in [1.82, 2.24) is 10.6 Å². The molecule has 8 nitrogen and oxygen atoms in total. The molecule has 246 valence electrons. The minimum absolute atomic E-state index is 0. The Bertz CT molecular complexity index is 1730. The molecule has 5 aliphatic heterocycles. The van der Waals surface area contributed by atoms with E-state index in [9.17, 15) is 9.90 Å². The summed E-state index contributed by atoms with van der Waals surface area (Å²) in [5.74, 6) is 0.459. The molecule has 0 aromatic rings. The SMILES string of the molecule is C=CC1=C(C)C2=NC1=CC1=NC(=CC3=C(C)C4=C(O)CC(=C5NC(=C2)[C@@H](C)[C@@H]5CCC(=O)NCCN)C4=N3)C(CC)=C1C.[Cl-].[Cl-].[Pt+2]. The van der Waals surface area contributed by atoms with Gasteiger partial charge in [0.05, 0.1) is 34.2 Å². The summed E-state index contributed by atoms with van der Waals surface area (Å²) in [6.07, 6.45) is 10.4. The fraction of sp³-hybridized carbons (Fsp3) is 0.371. The normalized spacial score (nSPS) is 22.7. The third-order valence-electron chi connectivity index (χ3n) is 9.45. The first-order valence-corrected chi connectivity index (χ1v) is 15.2. The van der Waals surface area contributed by atoms with Gasteiger partial charge in [0.25, 0.3) is 0 Å². The quantitative estimate of drug-likeness (QED) is 0.282. The van der Waals surface area contributed by atoms with E-state index in [0.29, 0.717) is 38.1 Å². The number of hydrogen-bond acceptors (Lipinski definition) is 7. The average Bonchev–Trinajstić information content (AvgIpc) is 3.73. The molecular formula is C35H40Cl2N6O2Pt. The van der Waals surface area contributed by atoms with Crippen molar-refractivity contribution in [3.63, 3.8) is 0 Å². The van der Waals surface area contributed by atoms with Crippen LogP contribution in [0.25, 0.3) is 0 Å². The number of hydrogen-bond donors (Lipinski definition) is 4. The second kappa shape index (κ2) is 14.8. The summed E-state index contributed by atoms with van der Waals surface area (Å²) in [6, 6.07) is 0. The van der Waals surface area contributed by atoms with Crippen molar-refractivity contribution < 1.29 is 55.8 Å². The minimum atomic E-state index is -0.00809. The molecule has 0 radical (unpaired) electrons. The van der Waals surface area contributed by atoms with Crippen molar-refractivity contribution >= 4 is 23.0 Å². The van der Waals surface area contributed by atoms with E-state index in [1.54, 1.807) is 0 Å². The van der Waals surface area contributed by atoms with Gasteiger partial charge in [-0.2, -0.15) is 0 Å². The van der Waals surface area contributed by atoms with Gasteiger partial charge in [0.2, 0.25) is 5.91 Å². The Kier molecular flexibility index (Phi) is 12.0. The summed E-state index contributed by atoms with van der Waals surface area (Å²) in [7, 11) is 0. The van der Waals surface area contributed by atoms with Gasteiger partial charge in [0, 0.05) is 65.9 Å². The van der Waals surface area contributed by atoms with Gasteiger partial charge in [-0.3, -0.25) is 4.79 Å². The molecule has 5 N–H and O–H groups in total.